The number of azide groups is 1. The van der Waals surface area contributed by atoms with Crippen molar-refractivity contribution in [2.45, 2.75) is 75.2 Å². The van der Waals surface area contributed by atoms with Gasteiger partial charge in [-0.2, -0.15) is 11.8 Å². The van der Waals surface area contributed by atoms with Crippen molar-refractivity contribution >= 4 is 17.7 Å². The summed E-state index contributed by atoms with van der Waals surface area (Å²) in [5, 5.41) is 6.29. The molecule has 0 saturated heterocycles. The highest BCUT2D eigenvalue weighted by Gasteiger charge is 2.56. The summed E-state index contributed by atoms with van der Waals surface area (Å²) in [6, 6.07) is 0. The molecule has 0 saturated carbocycles. The number of hydrogen-bond donors (Lipinski definition) is 1. The number of rotatable bonds is 15. The molecule has 7 nitrogen and oxygen atoms in total. The summed E-state index contributed by atoms with van der Waals surface area (Å²) in [7, 11) is 0. The second kappa shape index (κ2) is 14.3. The van der Waals surface area contributed by atoms with Gasteiger partial charge in [-0.1, -0.05) is 67.4 Å². The van der Waals surface area contributed by atoms with Crippen molar-refractivity contribution in [1.82, 2.24) is 5.32 Å². The van der Waals surface area contributed by atoms with E-state index in [0.717, 1.165) is 17.9 Å². The van der Waals surface area contributed by atoms with Gasteiger partial charge in [0.2, 0.25) is 5.91 Å². The Morgan fingerprint density at radius 2 is 1.41 bits per heavy atom. The highest BCUT2D eigenvalue weighted by Crippen LogP contribution is 2.63. The monoisotopic (exact) mass is 472 g/mol. The Labute approximate surface area is 200 Å². The minimum absolute atomic E-state index is 0.0699. The van der Waals surface area contributed by atoms with Crippen LogP contribution < -0.4 is 5.32 Å². The molecule has 0 bridgehead atoms. The average molecular weight is 473 g/mol. The van der Waals surface area contributed by atoms with Crippen molar-refractivity contribution in [1.29, 1.82) is 0 Å². The van der Waals surface area contributed by atoms with Crippen LogP contribution in [0.15, 0.2) is 5.11 Å². The van der Waals surface area contributed by atoms with E-state index < -0.39 is 0 Å². The molecule has 1 N–H and O–H groups in total. The van der Waals surface area contributed by atoms with E-state index in [1.165, 1.54) is 0 Å². The lowest BCUT2D eigenvalue weighted by atomic mass is 9.43. The van der Waals surface area contributed by atoms with Gasteiger partial charge in [-0.15, -0.1) is 0 Å². The van der Waals surface area contributed by atoms with Crippen LogP contribution >= 0.6 is 11.8 Å². The molecule has 0 radical (unpaired) electrons. The SMILES string of the molecule is CC(C)(C)C(CCSCCC(=O)NCCOCCOCCN=[N+]=[N-])(C(C)(C)C)C(C)(C)C. The number of carbonyl (C=O) groups is 1. The van der Waals surface area contributed by atoms with Crippen LogP contribution in [-0.2, 0) is 14.3 Å². The molecule has 0 aliphatic carbocycles. The summed E-state index contributed by atoms with van der Waals surface area (Å²) in [5.74, 6) is 1.96. The third-order valence-electron chi connectivity index (χ3n) is 6.28. The molecule has 0 aromatic heterocycles. The number of hydrogen-bond acceptors (Lipinski definition) is 5. The van der Waals surface area contributed by atoms with E-state index in [1.807, 2.05) is 11.8 Å². The number of nitrogens with zero attached hydrogens (tertiary/aromatic N) is 3. The maximum Gasteiger partial charge on any atom is 0.220 e. The number of amides is 1. The van der Waals surface area contributed by atoms with Crippen molar-refractivity contribution < 1.29 is 14.3 Å². The quantitative estimate of drug-likeness (QED) is 0.135. The molecule has 1 amide bonds. The molecule has 8 heteroatoms. The molecule has 0 aromatic rings. The fourth-order valence-corrected chi connectivity index (χ4v) is 6.80. The van der Waals surface area contributed by atoms with Crippen LogP contribution in [0.1, 0.15) is 75.2 Å². The zero-order valence-corrected chi connectivity index (χ0v) is 22.9. The van der Waals surface area contributed by atoms with Gasteiger partial charge in [0.25, 0.3) is 0 Å². The topological polar surface area (TPSA) is 96.3 Å². The Morgan fingerprint density at radius 1 is 0.875 bits per heavy atom. The predicted molar refractivity (Wildman–Crippen MR) is 136 cm³/mol. The highest BCUT2D eigenvalue weighted by atomic mass is 32.2. The molecule has 0 aliphatic rings. The number of ether oxygens (including phenoxy) is 2. The maximum atomic E-state index is 12.1. The van der Waals surface area contributed by atoms with Gasteiger partial charge < -0.3 is 14.8 Å². The maximum absolute atomic E-state index is 12.1. The van der Waals surface area contributed by atoms with Gasteiger partial charge >= 0.3 is 0 Å². The summed E-state index contributed by atoms with van der Waals surface area (Å²) in [6.45, 7) is 24.0. The van der Waals surface area contributed by atoms with E-state index >= 15 is 0 Å². The van der Waals surface area contributed by atoms with Gasteiger partial charge in [-0.25, -0.2) is 0 Å². The van der Waals surface area contributed by atoms with Crippen LogP contribution in [0.5, 0.6) is 0 Å². The van der Waals surface area contributed by atoms with Gasteiger partial charge in [0, 0.05) is 30.2 Å². The third-order valence-corrected chi connectivity index (χ3v) is 7.26. The number of thioether (sulfide) groups is 1. The summed E-state index contributed by atoms with van der Waals surface area (Å²) < 4.78 is 10.7. The predicted octanol–water partition coefficient (Wildman–Crippen LogP) is 6.08. The molecule has 32 heavy (non-hydrogen) atoms. The molecule has 188 valence electrons. The van der Waals surface area contributed by atoms with Crippen LogP contribution in [0.4, 0.5) is 0 Å². The molecule has 0 rings (SSSR count). The number of carbonyl (C=O) groups excluding carboxylic acids is 1. The van der Waals surface area contributed by atoms with Crippen molar-refractivity contribution in [2.24, 2.45) is 26.8 Å². The van der Waals surface area contributed by atoms with E-state index in [0.29, 0.717) is 45.9 Å². The van der Waals surface area contributed by atoms with Gasteiger partial charge in [0.15, 0.2) is 0 Å². The second-order valence-electron chi connectivity index (χ2n) is 11.3. The zero-order valence-electron chi connectivity index (χ0n) is 22.0. The Kier molecular flexibility index (Phi) is 13.9. The molecular formula is C24H48N4O3S. The van der Waals surface area contributed by atoms with Gasteiger partial charge in [-0.05, 0) is 39.4 Å². The lowest BCUT2D eigenvalue weighted by molar-refractivity contribution is -0.124. The Balaban J connectivity index is 4.18. The molecular weight excluding hydrogens is 424 g/mol. The van der Waals surface area contributed by atoms with Crippen LogP contribution in [0.25, 0.3) is 10.4 Å². The Hall–Kier alpha value is -0.950. The van der Waals surface area contributed by atoms with E-state index in [4.69, 9.17) is 15.0 Å². The smallest absolute Gasteiger partial charge is 0.220 e. The first kappa shape index (κ1) is 31.0. The third kappa shape index (κ3) is 10.3. The van der Waals surface area contributed by atoms with E-state index in [-0.39, 0.29) is 27.6 Å². The number of nitrogens with one attached hydrogen (secondary N) is 1. The van der Waals surface area contributed by atoms with Crippen molar-refractivity contribution in [3.05, 3.63) is 10.4 Å². The van der Waals surface area contributed by atoms with Crippen molar-refractivity contribution in [3.63, 3.8) is 0 Å². The lowest BCUT2D eigenvalue weighted by Crippen LogP contribution is -2.55. The van der Waals surface area contributed by atoms with Crippen LogP contribution in [0.3, 0.4) is 0 Å². The van der Waals surface area contributed by atoms with Gasteiger partial charge in [0.1, 0.15) is 0 Å². The zero-order chi connectivity index (χ0) is 24.9. The van der Waals surface area contributed by atoms with Crippen molar-refractivity contribution in [2.75, 3.05) is 51.0 Å². The van der Waals surface area contributed by atoms with Crippen LogP contribution in [0, 0.1) is 21.7 Å². The molecule has 0 fully saturated rings. The summed E-state index contributed by atoms with van der Waals surface area (Å²) >= 11 is 1.88. The van der Waals surface area contributed by atoms with E-state index in [2.05, 4.69) is 77.7 Å². The normalized spacial score (nSPS) is 13.0. The Morgan fingerprint density at radius 3 is 1.91 bits per heavy atom. The minimum atomic E-state index is 0.0699. The molecule has 0 heterocycles. The van der Waals surface area contributed by atoms with Crippen LogP contribution in [-0.4, -0.2) is 56.9 Å². The summed E-state index contributed by atoms with van der Waals surface area (Å²) in [4.78, 5) is 14.7. The molecule has 0 unspecified atom stereocenters. The first-order chi connectivity index (χ1) is 14.7. The fourth-order valence-electron chi connectivity index (χ4n) is 5.82. The summed E-state index contributed by atoms with van der Waals surface area (Å²) in [5.41, 5.74) is 8.86. The first-order valence-corrected chi connectivity index (χ1v) is 12.9. The van der Waals surface area contributed by atoms with Gasteiger partial charge in [0.05, 0.1) is 26.4 Å². The largest absolute Gasteiger partial charge is 0.379 e. The molecule has 0 aromatic carbocycles. The average Bonchev–Trinajstić information content (AvgIpc) is 2.62. The molecule has 0 atom stereocenters. The van der Waals surface area contributed by atoms with Crippen LogP contribution in [0.2, 0.25) is 0 Å². The second-order valence-corrected chi connectivity index (χ2v) is 12.5. The first-order valence-electron chi connectivity index (χ1n) is 11.7. The van der Waals surface area contributed by atoms with E-state index in [1.54, 1.807) is 0 Å². The molecule has 0 spiro atoms. The van der Waals surface area contributed by atoms with E-state index in [9.17, 15) is 4.79 Å². The van der Waals surface area contributed by atoms with Gasteiger partial charge in [-0.3, -0.25) is 4.79 Å². The lowest BCUT2D eigenvalue weighted by Gasteiger charge is -2.61. The minimum Gasteiger partial charge on any atom is -0.379 e. The van der Waals surface area contributed by atoms with Crippen molar-refractivity contribution in [3.8, 4) is 0 Å². The fraction of sp³-hybridized carbons (Fsp3) is 0.958. The molecule has 0 aliphatic heterocycles. The highest BCUT2D eigenvalue weighted by molar-refractivity contribution is 7.99. The standard InChI is InChI=1S/C24H48N4O3S/c1-21(2,3)24(22(4,5)6,23(7,8)9)11-19-32-18-10-20(29)26-12-14-30-16-17-31-15-13-27-28-25/h10-19H2,1-9H3,(H,26,29). The summed E-state index contributed by atoms with van der Waals surface area (Å²) in [6.07, 6.45) is 1.66. The Bertz CT molecular complexity index is 549.